The van der Waals surface area contributed by atoms with Crippen LogP contribution in [0.5, 0.6) is 0 Å². The van der Waals surface area contributed by atoms with Gasteiger partial charge < -0.3 is 5.73 Å². The fourth-order valence-electron chi connectivity index (χ4n) is 1.96. The van der Waals surface area contributed by atoms with Gasteiger partial charge in [-0.1, -0.05) is 30.3 Å². The summed E-state index contributed by atoms with van der Waals surface area (Å²) in [6.07, 6.45) is 1.22. The molecular weight excluding hydrogens is 262 g/mol. The zero-order chi connectivity index (χ0) is 13.5. The Morgan fingerprint density at radius 2 is 1.79 bits per heavy atom. The van der Waals surface area contributed by atoms with E-state index in [0.717, 1.165) is 10.8 Å². The molecule has 3 aromatic rings. The van der Waals surface area contributed by atoms with E-state index in [-0.39, 0.29) is 15.6 Å². The van der Waals surface area contributed by atoms with Crippen molar-refractivity contribution in [1.82, 2.24) is 10.2 Å². The Hall–Kier alpha value is -2.34. The van der Waals surface area contributed by atoms with E-state index >= 15 is 0 Å². The Balaban J connectivity index is 2.22. The topological polar surface area (TPSA) is 88.8 Å². The quantitative estimate of drug-likeness (QED) is 0.747. The Bertz CT molecular complexity index is 853. The van der Waals surface area contributed by atoms with Crippen LogP contribution in [-0.4, -0.2) is 18.6 Å². The van der Waals surface area contributed by atoms with Crippen molar-refractivity contribution >= 4 is 26.4 Å². The molecule has 0 bridgehead atoms. The standard InChI is InChI=1S/C13H11N3O2S/c14-13-12(8-15-16-13)19(17,18)11-6-5-9-3-1-2-4-10(9)7-11/h1-8H,(H3,14,15,16). The van der Waals surface area contributed by atoms with Gasteiger partial charge in [0, 0.05) is 0 Å². The number of nitrogens with two attached hydrogens (primary N) is 1. The van der Waals surface area contributed by atoms with Crippen LogP contribution in [0.3, 0.4) is 0 Å². The zero-order valence-electron chi connectivity index (χ0n) is 9.87. The van der Waals surface area contributed by atoms with Crippen LogP contribution in [0, 0.1) is 0 Å². The van der Waals surface area contributed by atoms with Crippen molar-refractivity contribution in [3.63, 3.8) is 0 Å². The molecule has 0 fully saturated rings. The highest BCUT2D eigenvalue weighted by Crippen LogP contribution is 2.26. The first-order valence-electron chi connectivity index (χ1n) is 5.62. The molecule has 0 radical (unpaired) electrons. The molecular formula is C13H11N3O2S. The van der Waals surface area contributed by atoms with Crippen LogP contribution in [0.1, 0.15) is 0 Å². The highest BCUT2D eigenvalue weighted by Gasteiger charge is 2.22. The van der Waals surface area contributed by atoms with Gasteiger partial charge in [-0.25, -0.2) is 8.42 Å². The first-order valence-corrected chi connectivity index (χ1v) is 7.10. The maximum absolute atomic E-state index is 12.4. The molecule has 0 spiro atoms. The van der Waals surface area contributed by atoms with E-state index in [4.69, 9.17) is 5.73 Å². The summed E-state index contributed by atoms with van der Waals surface area (Å²) < 4.78 is 24.8. The highest BCUT2D eigenvalue weighted by atomic mass is 32.2. The molecule has 0 amide bonds. The van der Waals surface area contributed by atoms with Crippen LogP contribution < -0.4 is 5.73 Å². The number of sulfone groups is 1. The van der Waals surface area contributed by atoms with E-state index in [1.807, 2.05) is 24.3 Å². The van der Waals surface area contributed by atoms with Crippen LogP contribution in [0.4, 0.5) is 5.82 Å². The summed E-state index contributed by atoms with van der Waals surface area (Å²) in [6.45, 7) is 0. The zero-order valence-corrected chi connectivity index (χ0v) is 10.7. The summed E-state index contributed by atoms with van der Waals surface area (Å²) >= 11 is 0. The molecule has 0 aliphatic heterocycles. The van der Waals surface area contributed by atoms with Crippen LogP contribution >= 0.6 is 0 Å². The van der Waals surface area contributed by atoms with Crippen molar-refractivity contribution in [2.45, 2.75) is 9.79 Å². The van der Waals surface area contributed by atoms with E-state index in [9.17, 15) is 8.42 Å². The maximum Gasteiger partial charge on any atom is 0.211 e. The number of H-pyrrole nitrogens is 1. The van der Waals surface area contributed by atoms with Crippen molar-refractivity contribution < 1.29 is 8.42 Å². The third kappa shape index (κ3) is 1.86. The van der Waals surface area contributed by atoms with Gasteiger partial charge in [0.15, 0.2) is 0 Å². The van der Waals surface area contributed by atoms with Gasteiger partial charge >= 0.3 is 0 Å². The van der Waals surface area contributed by atoms with Gasteiger partial charge in [-0.15, -0.1) is 0 Å². The third-order valence-corrected chi connectivity index (χ3v) is 4.73. The fourth-order valence-corrected chi connectivity index (χ4v) is 3.27. The number of rotatable bonds is 2. The van der Waals surface area contributed by atoms with Crippen molar-refractivity contribution in [3.05, 3.63) is 48.7 Å². The van der Waals surface area contributed by atoms with Crippen LogP contribution in [-0.2, 0) is 9.84 Å². The average Bonchev–Trinajstić information content (AvgIpc) is 2.85. The summed E-state index contributed by atoms with van der Waals surface area (Å²) in [4.78, 5) is 0.210. The van der Waals surface area contributed by atoms with E-state index in [2.05, 4.69) is 10.2 Å². The molecule has 96 valence electrons. The van der Waals surface area contributed by atoms with Gasteiger partial charge in [0.25, 0.3) is 0 Å². The van der Waals surface area contributed by atoms with Gasteiger partial charge in [0.1, 0.15) is 10.7 Å². The third-order valence-electron chi connectivity index (χ3n) is 2.95. The molecule has 0 aliphatic rings. The van der Waals surface area contributed by atoms with Gasteiger partial charge in [0.05, 0.1) is 11.1 Å². The predicted octanol–water partition coefficient (Wildman–Crippen LogP) is 1.98. The minimum Gasteiger partial charge on any atom is -0.383 e. The molecule has 2 aromatic carbocycles. The van der Waals surface area contributed by atoms with E-state index < -0.39 is 9.84 Å². The lowest BCUT2D eigenvalue weighted by molar-refractivity contribution is 0.596. The molecule has 0 unspecified atom stereocenters. The minimum absolute atomic E-state index is 0.00258. The number of fused-ring (bicyclic) bond motifs is 1. The van der Waals surface area contributed by atoms with Crippen molar-refractivity contribution in [2.75, 3.05) is 5.73 Å². The molecule has 6 heteroatoms. The number of benzene rings is 2. The number of aromatic nitrogens is 2. The van der Waals surface area contributed by atoms with Crippen molar-refractivity contribution in [2.24, 2.45) is 0 Å². The summed E-state index contributed by atoms with van der Waals surface area (Å²) in [5.74, 6) is 0.0492. The molecule has 0 saturated carbocycles. The normalized spacial score (nSPS) is 11.8. The fraction of sp³-hybridized carbons (Fsp3) is 0. The Kier molecular flexibility index (Phi) is 2.53. The summed E-state index contributed by atoms with van der Waals surface area (Å²) in [5.41, 5.74) is 5.58. The summed E-state index contributed by atoms with van der Waals surface area (Å²) in [7, 11) is -3.64. The lowest BCUT2D eigenvalue weighted by Crippen LogP contribution is -2.03. The number of nitrogens with one attached hydrogen (secondary N) is 1. The second-order valence-corrected chi connectivity index (χ2v) is 6.08. The molecule has 3 N–H and O–H groups in total. The molecule has 3 rings (SSSR count). The van der Waals surface area contributed by atoms with Crippen molar-refractivity contribution in [3.8, 4) is 0 Å². The monoisotopic (exact) mass is 273 g/mol. The second kappa shape index (κ2) is 4.10. The molecule has 0 atom stereocenters. The van der Waals surface area contributed by atoms with Gasteiger partial charge in [-0.05, 0) is 22.9 Å². The van der Waals surface area contributed by atoms with Crippen LogP contribution in [0.25, 0.3) is 10.8 Å². The Labute approximate surface area is 110 Å². The number of hydrogen-bond donors (Lipinski definition) is 2. The number of anilines is 1. The van der Waals surface area contributed by atoms with Gasteiger partial charge in [0.2, 0.25) is 9.84 Å². The highest BCUT2D eigenvalue weighted by molar-refractivity contribution is 7.91. The van der Waals surface area contributed by atoms with Crippen LogP contribution in [0.2, 0.25) is 0 Å². The summed E-state index contributed by atoms with van der Waals surface area (Å²) in [5, 5.41) is 7.93. The van der Waals surface area contributed by atoms with E-state index in [1.165, 1.54) is 6.20 Å². The Morgan fingerprint density at radius 3 is 2.47 bits per heavy atom. The van der Waals surface area contributed by atoms with Crippen LogP contribution in [0.15, 0.2) is 58.5 Å². The summed E-state index contributed by atoms with van der Waals surface area (Å²) in [6, 6.07) is 12.6. The molecule has 1 aromatic heterocycles. The average molecular weight is 273 g/mol. The minimum atomic E-state index is -3.64. The smallest absolute Gasteiger partial charge is 0.211 e. The molecule has 19 heavy (non-hydrogen) atoms. The van der Waals surface area contributed by atoms with Crippen molar-refractivity contribution in [1.29, 1.82) is 0 Å². The first kappa shape index (κ1) is 11.7. The largest absolute Gasteiger partial charge is 0.383 e. The Morgan fingerprint density at radius 1 is 1.05 bits per heavy atom. The lowest BCUT2D eigenvalue weighted by atomic mass is 10.1. The molecule has 1 heterocycles. The SMILES string of the molecule is Nc1[nH]ncc1S(=O)(=O)c1ccc2ccccc2c1. The first-order chi connectivity index (χ1) is 9.09. The number of aromatic amines is 1. The number of nitrogens with zero attached hydrogens (tertiary/aromatic N) is 1. The molecule has 0 aliphatic carbocycles. The van der Waals surface area contributed by atoms with Gasteiger partial charge in [-0.2, -0.15) is 5.10 Å². The van der Waals surface area contributed by atoms with Gasteiger partial charge in [-0.3, -0.25) is 5.10 Å². The van der Waals surface area contributed by atoms with E-state index in [1.54, 1.807) is 18.2 Å². The maximum atomic E-state index is 12.4. The van der Waals surface area contributed by atoms with E-state index in [0.29, 0.717) is 0 Å². The molecule has 5 nitrogen and oxygen atoms in total. The predicted molar refractivity (Wildman–Crippen MR) is 72.4 cm³/mol. The number of nitrogen functional groups attached to an aromatic ring is 1. The molecule has 0 saturated heterocycles. The second-order valence-electron chi connectivity index (χ2n) is 4.16. The lowest BCUT2D eigenvalue weighted by Gasteiger charge is -2.04. The number of hydrogen-bond acceptors (Lipinski definition) is 4.